The van der Waals surface area contributed by atoms with Crippen LogP contribution in [-0.2, 0) is 47.4 Å². The van der Waals surface area contributed by atoms with Crippen molar-refractivity contribution in [2.75, 3.05) is 33.0 Å². The molecule has 6 saturated heterocycles. The highest BCUT2D eigenvalue weighted by molar-refractivity contribution is 5.16. The lowest BCUT2D eigenvalue weighted by Gasteiger charge is -2.62. The number of hydrogen-bond donors (Lipinski definition) is 13. The average molecular weight is 1050 g/mol. The van der Waals surface area contributed by atoms with Crippen molar-refractivity contribution in [1.82, 2.24) is 0 Å². The maximum absolute atomic E-state index is 12.0. The number of hydrogen-bond acceptors (Lipinski definition) is 23. The van der Waals surface area contributed by atoms with E-state index in [-0.39, 0.29) is 22.9 Å². The van der Waals surface area contributed by atoms with Crippen LogP contribution in [0.3, 0.4) is 0 Å². The standard InChI is InChI=1S/C50H82O23/c1-19-7-10-50(65-17-19)20(2)32-28(73-50)12-24-22-6-5-21-11-27(25(54)13-49(21,4)23(22)8-9-48(24,32)3)66-45-40(63)37(60)41(31(16-53)69-45)70-47-43(72-46-39(62)36(59)34(57)29(14-51)67-46)42(35(58)30(15-52)68-47)71-44-38(61)33(56)26(55)18-64-44/h19-47,51-63H,5-18H2,1-4H3/t19-,20+,21+,22-,23+,24+,25-,26-,27-,28+,29-,30-,31-,32+,33+,34-,35-,36+,37-,38-,39-,40-,41+,42+,43-,44+,45-,46+,47+,48+,49+,50+/m1/s1. The minimum Gasteiger partial charge on any atom is -0.394 e. The molecule has 73 heavy (non-hydrogen) atoms. The van der Waals surface area contributed by atoms with Crippen molar-refractivity contribution in [1.29, 1.82) is 0 Å². The Morgan fingerprint density at radius 1 is 0.521 bits per heavy atom. The zero-order valence-electron chi connectivity index (χ0n) is 42.0. The third-order valence-corrected chi connectivity index (χ3v) is 20.0. The van der Waals surface area contributed by atoms with Gasteiger partial charge < -0.3 is 114 Å². The van der Waals surface area contributed by atoms with Crippen LogP contribution in [0.15, 0.2) is 0 Å². The maximum Gasteiger partial charge on any atom is 0.187 e. The minimum absolute atomic E-state index is 0.130. The van der Waals surface area contributed by atoms with E-state index in [4.69, 9.17) is 47.4 Å². The third-order valence-electron chi connectivity index (χ3n) is 20.0. The van der Waals surface area contributed by atoms with Crippen LogP contribution in [-0.4, -0.2) is 240 Å². The summed E-state index contributed by atoms with van der Waals surface area (Å²) in [5.74, 6) is 2.34. The van der Waals surface area contributed by atoms with Gasteiger partial charge in [0.25, 0.3) is 0 Å². The van der Waals surface area contributed by atoms with E-state index in [2.05, 4.69) is 27.7 Å². The highest BCUT2D eigenvalue weighted by atomic mass is 16.8. The van der Waals surface area contributed by atoms with Crippen molar-refractivity contribution in [3.63, 3.8) is 0 Å². The predicted molar refractivity (Wildman–Crippen MR) is 244 cm³/mol. The van der Waals surface area contributed by atoms with Gasteiger partial charge in [-0.3, -0.25) is 0 Å². The highest BCUT2D eigenvalue weighted by Crippen LogP contribution is 2.71. The molecule has 10 aliphatic rings. The minimum atomic E-state index is -2.02. The van der Waals surface area contributed by atoms with Crippen molar-refractivity contribution in [3.8, 4) is 0 Å². The van der Waals surface area contributed by atoms with Crippen LogP contribution in [0.1, 0.15) is 85.5 Å². The first kappa shape index (κ1) is 55.4. The molecule has 23 nitrogen and oxygen atoms in total. The van der Waals surface area contributed by atoms with E-state index >= 15 is 0 Å². The normalized spacial score (nSPS) is 58.2. The van der Waals surface area contributed by atoms with Crippen LogP contribution in [0.5, 0.6) is 0 Å². The topological polar surface area (TPSA) is 355 Å². The molecular weight excluding hydrogens is 969 g/mol. The molecule has 23 heteroatoms. The Morgan fingerprint density at radius 2 is 1.15 bits per heavy atom. The molecule has 4 aliphatic carbocycles. The van der Waals surface area contributed by atoms with E-state index in [1.165, 1.54) is 0 Å². The van der Waals surface area contributed by atoms with Crippen molar-refractivity contribution in [3.05, 3.63) is 0 Å². The average Bonchev–Trinajstić information content (AvgIpc) is 3.82. The van der Waals surface area contributed by atoms with Gasteiger partial charge in [-0.1, -0.05) is 27.7 Å². The predicted octanol–water partition coefficient (Wildman–Crippen LogP) is -3.30. The van der Waals surface area contributed by atoms with Gasteiger partial charge in [0.05, 0.1) is 51.3 Å². The molecule has 6 aliphatic heterocycles. The Hall–Kier alpha value is -0.920. The molecule has 0 aromatic heterocycles. The quantitative estimate of drug-likeness (QED) is 0.0902. The van der Waals surface area contributed by atoms with Crippen molar-refractivity contribution < 1.29 is 114 Å². The van der Waals surface area contributed by atoms with Crippen LogP contribution >= 0.6 is 0 Å². The number of rotatable bonds is 11. The van der Waals surface area contributed by atoms with Gasteiger partial charge in [0.1, 0.15) is 91.6 Å². The van der Waals surface area contributed by atoms with Crippen molar-refractivity contribution in [2.45, 2.75) is 226 Å². The van der Waals surface area contributed by atoms with Crippen molar-refractivity contribution >= 4 is 0 Å². The molecule has 6 heterocycles. The second kappa shape index (κ2) is 21.3. The van der Waals surface area contributed by atoms with Gasteiger partial charge in [-0.2, -0.15) is 0 Å². The fraction of sp³-hybridized carbons (Fsp3) is 1.00. The zero-order chi connectivity index (χ0) is 52.2. The van der Waals surface area contributed by atoms with Crippen LogP contribution in [0.25, 0.3) is 0 Å². The molecular formula is C50H82O23. The van der Waals surface area contributed by atoms with E-state index < -0.39 is 161 Å². The largest absolute Gasteiger partial charge is 0.394 e. The first-order chi connectivity index (χ1) is 34.7. The molecule has 0 amide bonds. The van der Waals surface area contributed by atoms with Crippen LogP contribution in [0, 0.1) is 52.3 Å². The van der Waals surface area contributed by atoms with Crippen molar-refractivity contribution in [2.24, 2.45) is 52.3 Å². The Kier molecular flexibility index (Phi) is 16.1. The second-order valence-corrected chi connectivity index (χ2v) is 24.0. The Bertz CT molecular complexity index is 1860. The molecule has 0 radical (unpaired) electrons. The smallest absolute Gasteiger partial charge is 0.187 e. The van der Waals surface area contributed by atoms with E-state index in [1.54, 1.807) is 0 Å². The highest BCUT2D eigenvalue weighted by Gasteiger charge is 2.70. The van der Waals surface area contributed by atoms with Gasteiger partial charge in [0, 0.05) is 12.3 Å². The van der Waals surface area contributed by atoms with Gasteiger partial charge in [-0.05, 0) is 97.7 Å². The lowest BCUT2D eigenvalue weighted by atomic mass is 9.44. The Balaban J connectivity index is 0.824. The van der Waals surface area contributed by atoms with Gasteiger partial charge in [0.2, 0.25) is 0 Å². The zero-order valence-corrected chi connectivity index (χ0v) is 42.0. The fourth-order valence-corrected chi connectivity index (χ4v) is 15.9. The van der Waals surface area contributed by atoms with Gasteiger partial charge in [-0.15, -0.1) is 0 Å². The summed E-state index contributed by atoms with van der Waals surface area (Å²) >= 11 is 0. The SMILES string of the molecule is C[C@@H]1CC[C@]2(OC1)O[C@H]1C[C@H]3[C@@H]4CC[C@H]5C[C@@H](O[C@@H]6O[C@H](CO)[C@H](O[C@@H]7O[C@H](CO)[C@@H](O)[C@H](O[C@@H]8OC[C@@H](O)[C@H](O)[C@H]8O)[C@H]7O[C@@H]7O[C@H](CO)[C@@H](O)[C@H](O)[C@H]7O)[C@H](O)[C@H]6O)[C@H](O)C[C@]5(C)[C@H]4CC[C@]3(C)[C@H]1[C@@H]2C. The number of aliphatic hydroxyl groups is 13. The summed E-state index contributed by atoms with van der Waals surface area (Å²) in [5, 5.41) is 141. The second-order valence-electron chi connectivity index (χ2n) is 24.0. The summed E-state index contributed by atoms with van der Waals surface area (Å²) in [7, 11) is 0. The first-order valence-corrected chi connectivity index (χ1v) is 26.8. The Morgan fingerprint density at radius 3 is 1.85 bits per heavy atom. The third kappa shape index (κ3) is 9.49. The first-order valence-electron chi connectivity index (χ1n) is 26.8. The number of fused-ring (bicyclic) bond motifs is 7. The molecule has 32 atom stereocenters. The molecule has 0 aromatic carbocycles. The summed E-state index contributed by atoms with van der Waals surface area (Å²) in [6.07, 6.45) is -27.2. The molecule has 0 unspecified atom stereocenters. The number of ether oxygens (including phenoxy) is 10. The molecule has 10 rings (SSSR count). The van der Waals surface area contributed by atoms with E-state index in [9.17, 15) is 66.4 Å². The van der Waals surface area contributed by atoms with Crippen LogP contribution in [0.4, 0.5) is 0 Å². The van der Waals surface area contributed by atoms with Gasteiger partial charge in [0.15, 0.2) is 30.9 Å². The summed E-state index contributed by atoms with van der Waals surface area (Å²) in [5.41, 5.74) is -0.0565. The molecule has 10 fully saturated rings. The molecule has 1 spiro atoms. The molecule has 420 valence electrons. The molecule has 4 saturated carbocycles. The lowest BCUT2D eigenvalue weighted by Crippen LogP contribution is -2.68. The summed E-state index contributed by atoms with van der Waals surface area (Å²) in [6.45, 7) is 7.02. The van der Waals surface area contributed by atoms with E-state index in [0.29, 0.717) is 48.3 Å². The Labute approximate surface area is 424 Å². The number of aliphatic hydroxyl groups excluding tert-OH is 13. The van der Waals surface area contributed by atoms with Gasteiger partial charge >= 0.3 is 0 Å². The van der Waals surface area contributed by atoms with Gasteiger partial charge in [-0.25, -0.2) is 0 Å². The molecule has 13 N–H and O–H groups in total. The fourth-order valence-electron chi connectivity index (χ4n) is 15.9. The molecule has 0 aromatic rings. The molecule has 0 bridgehead atoms. The summed E-state index contributed by atoms with van der Waals surface area (Å²) < 4.78 is 61.1. The summed E-state index contributed by atoms with van der Waals surface area (Å²) in [6, 6.07) is 0. The van der Waals surface area contributed by atoms with Crippen LogP contribution < -0.4 is 0 Å². The summed E-state index contributed by atoms with van der Waals surface area (Å²) in [4.78, 5) is 0. The van der Waals surface area contributed by atoms with E-state index in [0.717, 1.165) is 51.6 Å². The lowest BCUT2D eigenvalue weighted by molar-refractivity contribution is -0.404. The van der Waals surface area contributed by atoms with Crippen LogP contribution in [0.2, 0.25) is 0 Å². The monoisotopic (exact) mass is 1050 g/mol. The van der Waals surface area contributed by atoms with E-state index in [1.807, 2.05) is 0 Å². The maximum atomic E-state index is 12.0.